The van der Waals surface area contributed by atoms with E-state index >= 15 is 0 Å². The molecule has 0 saturated heterocycles. The number of carboxylic acids is 1. The minimum Gasteiger partial charge on any atom is -0.549 e. The fourth-order valence-corrected chi connectivity index (χ4v) is 0.272. The fourth-order valence-electron chi connectivity index (χ4n) is 0.272. The molecule has 48 valence electrons. The Morgan fingerprint density at radius 1 is 1.56 bits per heavy atom. The number of thiol groups is 1. The van der Waals surface area contributed by atoms with Crippen LogP contribution in [0.15, 0.2) is 0 Å². The number of hydrogen-bond donors (Lipinski definition) is 1. The van der Waals surface area contributed by atoms with Gasteiger partial charge in [-0.05, 0) is 5.92 Å². The smallest absolute Gasteiger partial charge is 0.549 e. The van der Waals surface area contributed by atoms with Gasteiger partial charge in [-0.3, -0.25) is 0 Å². The summed E-state index contributed by atoms with van der Waals surface area (Å²) >= 11 is 3.76. The molecular formula is C5H9NaO2S. The Hall–Kier alpha value is 0.820. The zero-order chi connectivity index (χ0) is 6.73. The summed E-state index contributed by atoms with van der Waals surface area (Å²) in [4.78, 5) is 9.95. The van der Waals surface area contributed by atoms with Crippen molar-refractivity contribution in [1.29, 1.82) is 0 Å². The minimum atomic E-state index is -1.09. The van der Waals surface area contributed by atoms with E-state index in [9.17, 15) is 9.90 Å². The third-order valence-electron chi connectivity index (χ3n) is 0.873. The van der Waals surface area contributed by atoms with Crippen molar-refractivity contribution in [3.8, 4) is 0 Å². The number of carbonyl (C=O) groups excluding carboxylic acids is 1. The van der Waals surface area contributed by atoms with Crippen molar-refractivity contribution in [2.45, 2.75) is 19.1 Å². The third kappa shape index (κ3) is 5.27. The van der Waals surface area contributed by atoms with Crippen LogP contribution in [0, 0.1) is 5.92 Å². The van der Waals surface area contributed by atoms with Gasteiger partial charge in [-0.25, -0.2) is 0 Å². The molecule has 0 aliphatic heterocycles. The van der Waals surface area contributed by atoms with Crippen molar-refractivity contribution in [2.24, 2.45) is 5.92 Å². The molecule has 0 N–H and O–H groups in total. The Morgan fingerprint density at radius 3 is 1.89 bits per heavy atom. The van der Waals surface area contributed by atoms with Crippen molar-refractivity contribution < 1.29 is 39.5 Å². The number of carboxylic acid groups (broad SMARTS) is 1. The Bertz CT molecular complexity index is 95.0. The van der Waals surface area contributed by atoms with E-state index in [1.54, 1.807) is 13.8 Å². The van der Waals surface area contributed by atoms with Gasteiger partial charge in [0.05, 0.1) is 5.97 Å². The first-order chi connectivity index (χ1) is 3.55. The SMILES string of the molecule is CC(C)[C@H](S)C(=O)[O-].[Na+]. The van der Waals surface area contributed by atoms with Crippen LogP contribution in [0.4, 0.5) is 0 Å². The molecule has 0 spiro atoms. The maximum atomic E-state index is 9.95. The quantitative estimate of drug-likeness (QED) is 0.336. The average Bonchev–Trinajstić information content (AvgIpc) is 1.64. The van der Waals surface area contributed by atoms with Crippen LogP contribution >= 0.6 is 12.6 Å². The van der Waals surface area contributed by atoms with Gasteiger partial charge >= 0.3 is 29.6 Å². The monoisotopic (exact) mass is 156 g/mol. The van der Waals surface area contributed by atoms with Crippen LogP contribution in [0.2, 0.25) is 0 Å². The molecule has 0 aromatic heterocycles. The van der Waals surface area contributed by atoms with Crippen LogP contribution in [0.3, 0.4) is 0 Å². The largest absolute Gasteiger partial charge is 1.00 e. The molecule has 0 aliphatic rings. The summed E-state index contributed by atoms with van der Waals surface area (Å²) in [6.07, 6.45) is 0. The molecule has 9 heavy (non-hydrogen) atoms. The van der Waals surface area contributed by atoms with Crippen molar-refractivity contribution in [2.75, 3.05) is 0 Å². The zero-order valence-electron chi connectivity index (χ0n) is 5.92. The van der Waals surface area contributed by atoms with Gasteiger partial charge < -0.3 is 9.90 Å². The second-order valence-corrected chi connectivity index (χ2v) is 2.56. The second-order valence-electron chi connectivity index (χ2n) is 2.01. The summed E-state index contributed by atoms with van der Waals surface area (Å²) in [5.41, 5.74) is 0. The van der Waals surface area contributed by atoms with Gasteiger partial charge in [-0.1, -0.05) is 13.8 Å². The Morgan fingerprint density at radius 2 is 1.89 bits per heavy atom. The fraction of sp³-hybridized carbons (Fsp3) is 0.800. The van der Waals surface area contributed by atoms with E-state index in [2.05, 4.69) is 12.6 Å². The first kappa shape index (κ1) is 12.5. The Labute approximate surface area is 82.7 Å². The molecule has 0 heterocycles. The van der Waals surface area contributed by atoms with Crippen molar-refractivity contribution in [3.05, 3.63) is 0 Å². The molecule has 0 rings (SSSR count). The summed E-state index contributed by atoms with van der Waals surface area (Å²) in [5, 5.41) is 9.32. The third-order valence-corrected chi connectivity index (χ3v) is 1.68. The van der Waals surface area contributed by atoms with Crippen molar-refractivity contribution in [1.82, 2.24) is 0 Å². The number of aliphatic carboxylic acids is 1. The predicted molar refractivity (Wildman–Crippen MR) is 32.6 cm³/mol. The first-order valence-electron chi connectivity index (χ1n) is 2.44. The standard InChI is InChI=1S/C5H10O2S.Na/c1-3(2)4(8)5(6)7;/h3-4,8H,1-2H3,(H,6,7);/q;+1/p-1/t4-;/m0./s1. The average molecular weight is 156 g/mol. The maximum absolute atomic E-state index is 9.95. The van der Waals surface area contributed by atoms with Gasteiger partial charge in [0.15, 0.2) is 0 Å². The molecule has 0 fully saturated rings. The van der Waals surface area contributed by atoms with Crippen LogP contribution < -0.4 is 34.7 Å². The van der Waals surface area contributed by atoms with Crippen LogP contribution in [0.1, 0.15) is 13.8 Å². The number of hydrogen-bond acceptors (Lipinski definition) is 3. The first-order valence-corrected chi connectivity index (χ1v) is 2.96. The molecule has 0 aromatic carbocycles. The summed E-state index contributed by atoms with van der Waals surface area (Å²) < 4.78 is 0. The van der Waals surface area contributed by atoms with E-state index in [0.29, 0.717) is 0 Å². The maximum Gasteiger partial charge on any atom is 1.00 e. The summed E-state index contributed by atoms with van der Waals surface area (Å²) in [6.45, 7) is 3.57. The van der Waals surface area contributed by atoms with Crippen LogP contribution in [0.25, 0.3) is 0 Å². The molecule has 0 radical (unpaired) electrons. The molecule has 4 heteroatoms. The van der Waals surface area contributed by atoms with Crippen LogP contribution in [-0.4, -0.2) is 11.2 Å². The molecule has 2 nitrogen and oxygen atoms in total. The van der Waals surface area contributed by atoms with Gasteiger partial charge in [0.25, 0.3) is 0 Å². The van der Waals surface area contributed by atoms with E-state index in [-0.39, 0.29) is 35.5 Å². The molecule has 0 amide bonds. The van der Waals surface area contributed by atoms with E-state index in [1.807, 2.05) is 0 Å². The summed E-state index contributed by atoms with van der Waals surface area (Å²) in [5.74, 6) is -1.05. The van der Waals surface area contributed by atoms with Gasteiger partial charge in [-0.2, -0.15) is 12.6 Å². The predicted octanol–water partition coefficient (Wildman–Crippen LogP) is -3.31. The summed E-state index contributed by atoms with van der Waals surface area (Å²) in [7, 11) is 0. The van der Waals surface area contributed by atoms with E-state index in [4.69, 9.17) is 0 Å². The zero-order valence-corrected chi connectivity index (χ0v) is 8.81. The normalized spacial score (nSPS) is 12.4. The second kappa shape index (κ2) is 5.59. The van der Waals surface area contributed by atoms with Crippen LogP contribution in [-0.2, 0) is 4.79 Å². The molecule has 0 aromatic rings. The van der Waals surface area contributed by atoms with Gasteiger partial charge in [0, 0.05) is 5.25 Å². The Balaban J connectivity index is 0. The van der Waals surface area contributed by atoms with Crippen molar-refractivity contribution >= 4 is 18.6 Å². The molecule has 0 saturated carbocycles. The van der Waals surface area contributed by atoms with E-state index < -0.39 is 11.2 Å². The Kier molecular flexibility index (Phi) is 7.76. The molecule has 0 aliphatic carbocycles. The summed E-state index contributed by atoms with van der Waals surface area (Å²) in [6, 6.07) is 0. The van der Waals surface area contributed by atoms with Gasteiger partial charge in [0.2, 0.25) is 0 Å². The number of carbonyl (C=O) groups is 1. The van der Waals surface area contributed by atoms with Gasteiger partial charge in [0.1, 0.15) is 0 Å². The molecular weight excluding hydrogens is 147 g/mol. The number of rotatable bonds is 2. The molecule has 1 atom stereocenters. The molecule has 0 unspecified atom stereocenters. The van der Waals surface area contributed by atoms with Gasteiger partial charge in [-0.15, -0.1) is 0 Å². The van der Waals surface area contributed by atoms with Crippen molar-refractivity contribution in [3.63, 3.8) is 0 Å². The van der Waals surface area contributed by atoms with E-state index in [0.717, 1.165) is 0 Å². The van der Waals surface area contributed by atoms with E-state index in [1.165, 1.54) is 0 Å². The topological polar surface area (TPSA) is 40.1 Å². The minimum absolute atomic E-state index is 0. The van der Waals surface area contributed by atoms with Crippen LogP contribution in [0.5, 0.6) is 0 Å². The molecule has 0 bridgehead atoms.